The normalized spacial score (nSPS) is 10.8. The van der Waals surface area contributed by atoms with Gasteiger partial charge < -0.3 is 4.98 Å². The number of halogens is 1. The standard InChI is InChI=1S/C13H8ClN3O2/c14-12(18)8-1-3-9(4-2-8)17-11-5-6-15-7-10(11)16-13(17)19/h1-7H,(H,16,19). The van der Waals surface area contributed by atoms with Crippen LogP contribution in [0.15, 0.2) is 47.5 Å². The third-order valence-corrected chi connectivity index (χ3v) is 3.05. The monoisotopic (exact) mass is 273 g/mol. The van der Waals surface area contributed by atoms with Gasteiger partial charge in [-0.2, -0.15) is 0 Å². The number of hydrogen-bond acceptors (Lipinski definition) is 3. The minimum absolute atomic E-state index is 0.257. The summed E-state index contributed by atoms with van der Waals surface area (Å²) in [6, 6.07) is 8.25. The fraction of sp³-hybridized carbons (Fsp3) is 0. The summed E-state index contributed by atoms with van der Waals surface area (Å²) in [5.74, 6) is 0. The molecule has 0 bridgehead atoms. The zero-order valence-corrected chi connectivity index (χ0v) is 10.4. The number of nitrogens with zero attached hydrogens (tertiary/aromatic N) is 2. The van der Waals surface area contributed by atoms with Crippen LogP contribution >= 0.6 is 11.6 Å². The van der Waals surface area contributed by atoms with Gasteiger partial charge in [0.1, 0.15) is 0 Å². The van der Waals surface area contributed by atoms with Gasteiger partial charge in [0.05, 0.1) is 22.9 Å². The van der Waals surface area contributed by atoms with Crippen LogP contribution in [0.5, 0.6) is 0 Å². The van der Waals surface area contributed by atoms with E-state index in [-0.39, 0.29) is 5.69 Å². The summed E-state index contributed by atoms with van der Waals surface area (Å²) in [7, 11) is 0. The van der Waals surface area contributed by atoms with Crippen molar-refractivity contribution in [2.24, 2.45) is 0 Å². The van der Waals surface area contributed by atoms with Crippen LogP contribution in [0, 0.1) is 0 Å². The van der Waals surface area contributed by atoms with E-state index in [0.29, 0.717) is 16.8 Å². The maximum Gasteiger partial charge on any atom is 0.331 e. The molecule has 0 aliphatic rings. The van der Waals surface area contributed by atoms with E-state index in [1.54, 1.807) is 42.7 Å². The molecule has 0 amide bonds. The third-order valence-electron chi connectivity index (χ3n) is 2.84. The molecule has 1 N–H and O–H groups in total. The Morgan fingerprint density at radius 1 is 1.21 bits per heavy atom. The first kappa shape index (κ1) is 11.7. The molecule has 0 unspecified atom stereocenters. The van der Waals surface area contributed by atoms with Gasteiger partial charge in [0.25, 0.3) is 5.24 Å². The van der Waals surface area contributed by atoms with Crippen LogP contribution in [-0.4, -0.2) is 19.8 Å². The second-order valence-corrected chi connectivity index (χ2v) is 4.32. The highest BCUT2D eigenvalue weighted by Gasteiger charge is 2.09. The molecule has 1 aromatic carbocycles. The zero-order valence-electron chi connectivity index (χ0n) is 9.63. The number of fused-ring (bicyclic) bond motifs is 1. The van der Waals surface area contributed by atoms with Crippen LogP contribution in [0.25, 0.3) is 16.7 Å². The first-order valence-corrected chi connectivity index (χ1v) is 5.89. The summed E-state index contributed by atoms with van der Waals surface area (Å²) in [6.07, 6.45) is 3.20. The Bertz CT molecular complexity index is 818. The molecule has 0 radical (unpaired) electrons. The molecule has 3 aromatic rings. The molecular weight excluding hydrogens is 266 g/mol. The molecule has 0 saturated carbocycles. The Labute approximate surface area is 112 Å². The van der Waals surface area contributed by atoms with E-state index in [9.17, 15) is 9.59 Å². The molecular formula is C13H8ClN3O2. The topological polar surface area (TPSA) is 67.8 Å². The minimum atomic E-state index is -0.526. The molecule has 0 aliphatic carbocycles. The SMILES string of the molecule is O=C(Cl)c1ccc(-n2c(=O)[nH]c3cnccc32)cc1. The Morgan fingerprint density at radius 3 is 2.63 bits per heavy atom. The van der Waals surface area contributed by atoms with Gasteiger partial charge in [-0.25, -0.2) is 4.79 Å². The molecule has 0 spiro atoms. The van der Waals surface area contributed by atoms with Crippen LogP contribution in [-0.2, 0) is 0 Å². The molecule has 0 fully saturated rings. The maximum absolute atomic E-state index is 11.9. The lowest BCUT2D eigenvalue weighted by Crippen LogP contribution is -2.14. The van der Waals surface area contributed by atoms with Crippen molar-refractivity contribution in [1.82, 2.24) is 14.5 Å². The molecule has 0 saturated heterocycles. The molecule has 19 heavy (non-hydrogen) atoms. The molecule has 5 nitrogen and oxygen atoms in total. The highest BCUT2D eigenvalue weighted by atomic mass is 35.5. The highest BCUT2D eigenvalue weighted by molar-refractivity contribution is 6.67. The van der Waals surface area contributed by atoms with Crippen LogP contribution < -0.4 is 5.69 Å². The lowest BCUT2D eigenvalue weighted by Gasteiger charge is -2.03. The summed E-state index contributed by atoms with van der Waals surface area (Å²) in [5.41, 5.74) is 2.17. The van der Waals surface area contributed by atoms with E-state index in [0.717, 1.165) is 5.52 Å². The van der Waals surface area contributed by atoms with Crippen LogP contribution in [0.4, 0.5) is 0 Å². The van der Waals surface area contributed by atoms with Gasteiger partial charge in [-0.05, 0) is 41.9 Å². The Balaban J connectivity index is 2.21. The Morgan fingerprint density at radius 2 is 1.95 bits per heavy atom. The average Bonchev–Trinajstić information content (AvgIpc) is 2.74. The van der Waals surface area contributed by atoms with E-state index in [4.69, 9.17) is 11.6 Å². The number of imidazole rings is 1. The van der Waals surface area contributed by atoms with E-state index in [2.05, 4.69) is 9.97 Å². The van der Waals surface area contributed by atoms with Crippen molar-refractivity contribution < 1.29 is 4.79 Å². The van der Waals surface area contributed by atoms with Gasteiger partial charge in [0.2, 0.25) is 0 Å². The van der Waals surface area contributed by atoms with Gasteiger partial charge in [-0.15, -0.1) is 0 Å². The number of H-pyrrole nitrogens is 1. The molecule has 0 aliphatic heterocycles. The molecule has 2 heterocycles. The molecule has 0 atom stereocenters. The van der Waals surface area contributed by atoms with Crippen molar-refractivity contribution in [3.05, 3.63) is 58.8 Å². The number of hydrogen-bond donors (Lipinski definition) is 1. The second kappa shape index (κ2) is 4.37. The smallest absolute Gasteiger partial charge is 0.304 e. The number of benzene rings is 1. The predicted molar refractivity (Wildman–Crippen MR) is 71.9 cm³/mol. The number of carbonyl (C=O) groups is 1. The lowest BCUT2D eigenvalue weighted by molar-refractivity contribution is 0.108. The lowest BCUT2D eigenvalue weighted by atomic mass is 10.2. The predicted octanol–water partition coefficient (Wildman–Crippen LogP) is 2.09. The van der Waals surface area contributed by atoms with Crippen molar-refractivity contribution in [2.75, 3.05) is 0 Å². The molecule has 2 aromatic heterocycles. The number of aromatic nitrogens is 3. The van der Waals surface area contributed by atoms with Gasteiger partial charge in [-0.1, -0.05) is 0 Å². The average molecular weight is 274 g/mol. The summed E-state index contributed by atoms with van der Waals surface area (Å²) < 4.78 is 1.51. The minimum Gasteiger partial charge on any atom is -0.304 e. The fourth-order valence-electron chi connectivity index (χ4n) is 1.96. The van der Waals surface area contributed by atoms with Crippen LogP contribution in [0.2, 0.25) is 0 Å². The van der Waals surface area contributed by atoms with E-state index in [1.165, 1.54) is 4.57 Å². The largest absolute Gasteiger partial charge is 0.331 e. The molecule has 6 heteroatoms. The number of pyridine rings is 1. The van der Waals surface area contributed by atoms with E-state index >= 15 is 0 Å². The van der Waals surface area contributed by atoms with Crippen molar-refractivity contribution in [2.45, 2.75) is 0 Å². The molecule has 94 valence electrons. The third kappa shape index (κ3) is 1.94. The Kier molecular flexibility index (Phi) is 2.68. The highest BCUT2D eigenvalue weighted by Crippen LogP contribution is 2.15. The quantitative estimate of drug-likeness (QED) is 0.727. The van der Waals surface area contributed by atoms with Crippen molar-refractivity contribution >= 4 is 27.9 Å². The number of nitrogens with one attached hydrogen (secondary N) is 1. The number of rotatable bonds is 2. The zero-order chi connectivity index (χ0) is 13.4. The first-order chi connectivity index (χ1) is 9.16. The van der Waals surface area contributed by atoms with Gasteiger partial charge in [0.15, 0.2) is 0 Å². The second-order valence-electron chi connectivity index (χ2n) is 3.98. The summed E-state index contributed by atoms with van der Waals surface area (Å²) in [6.45, 7) is 0. The van der Waals surface area contributed by atoms with Crippen molar-refractivity contribution in [3.8, 4) is 5.69 Å². The fourth-order valence-corrected chi connectivity index (χ4v) is 2.08. The van der Waals surface area contributed by atoms with Gasteiger partial charge in [0, 0.05) is 11.8 Å². The number of aromatic amines is 1. The number of carbonyl (C=O) groups excluding carboxylic acids is 1. The maximum atomic E-state index is 11.9. The van der Waals surface area contributed by atoms with Gasteiger partial charge in [-0.3, -0.25) is 14.3 Å². The van der Waals surface area contributed by atoms with Crippen molar-refractivity contribution in [3.63, 3.8) is 0 Å². The first-order valence-electron chi connectivity index (χ1n) is 5.52. The summed E-state index contributed by atoms with van der Waals surface area (Å²) in [4.78, 5) is 29.6. The van der Waals surface area contributed by atoms with Gasteiger partial charge >= 0.3 is 5.69 Å². The van der Waals surface area contributed by atoms with Crippen LogP contribution in [0.3, 0.4) is 0 Å². The summed E-state index contributed by atoms with van der Waals surface area (Å²) in [5, 5.41) is -0.526. The Hall–Kier alpha value is -2.40. The summed E-state index contributed by atoms with van der Waals surface area (Å²) >= 11 is 5.38. The van der Waals surface area contributed by atoms with E-state index < -0.39 is 5.24 Å². The van der Waals surface area contributed by atoms with Crippen LogP contribution in [0.1, 0.15) is 10.4 Å². The molecule has 3 rings (SSSR count). The van der Waals surface area contributed by atoms with Crippen molar-refractivity contribution in [1.29, 1.82) is 0 Å². The van der Waals surface area contributed by atoms with E-state index in [1.807, 2.05) is 0 Å².